The highest BCUT2D eigenvalue weighted by atomic mass is 35.5. The number of aromatic nitrogens is 2. The van der Waals surface area contributed by atoms with Crippen LogP contribution in [-0.2, 0) is 4.74 Å². The van der Waals surface area contributed by atoms with E-state index < -0.39 is 0 Å². The minimum Gasteiger partial charge on any atom is -0.383 e. The summed E-state index contributed by atoms with van der Waals surface area (Å²) in [7, 11) is 1.61. The van der Waals surface area contributed by atoms with Crippen LogP contribution < -0.4 is 5.73 Å². The Hall–Kier alpha value is -1.10. The van der Waals surface area contributed by atoms with Gasteiger partial charge in [0.05, 0.1) is 23.7 Å². The first-order chi connectivity index (χ1) is 8.20. The zero-order valence-electron chi connectivity index (χ0n) is 10.3. The third kappa shape index (κ3) is 3.43. The van der Waals surface area contributed by atoms with Crippen LogP contribution in [0, 0.1) is 0 Å². The maximum atomic E-state index is 5.86. The molecule has 1 heterocycles. The highest BCUT2D eigenvalue weighted by Gasteiger charge is 2.10. The van der Waals surface area contributed by atoms with Crippen molar-refractivity contribution in [1.82, 2.24) is 9.97 Å². The van der Waals surface area contributed by atoms with Gasteiger partial charge in [0.15, 0.2) is 0 Å². The summed E-state index contributed by atoms with van der Waals surface area (Å²) in [5.41, 5.74) is 7.61. The maximum absolute atomic E-state index is 5.86. The van der Waals surface area contributed by atoms with Gasteiger partial charge in [-0.15, -0.1) is 0 Å². The molecule has 0 amide bonds. The van der Waals surface area contributed by atoms with Crippen molar-refractivity contribution in [3.05, 3.63) is 29.0 Å². The SMILES string of the molecule is CC.COCC(N)c1nc2ccc(Cl)cc2[nH]1. The molecule has 1 aromatic carbocycles. The molecule has 1 unspecified atom stereocenters. The minimum absolute atomic E-state index is 0.235. The van der Waals surface area contributed by atoms with E-state index in [4.69, 9.17) is 22.1 Å². The molecule has 3 N–H and O–H groups in total. The number of H-pyrrole nitrogens is 1. The molecule has 1 aromatic heterocycles. The predicted octanol–water partition coefficient (Wildman–Crippen LogP) is 2.89. The van der Waals surface area contributed by atoms with Crippen LogP contribution in [0.2, 0.25) is 5.02 Å². The van der Waals surface area contributed by atoms with Gasteiger partial charge < -0.3 is 15.5 Å². The molecule has 0 spiro atoms. The fraction of sp³-hybridized carbons (Fsp3) is 0.417. The molecule has 0 aliphatic heterocycles. The van der Waals surface area contributed by atoms with Gasteiger partial charge in [0.25, 0.3) is 0 Å². The smallest absolute Gasteiger partial charge is 0.126 e. The molecule has 1 atom stereocenters. The van der Waals surface area contributed by atoms with E-state index in [-0.39, 0.29) is 6.04 Å². The number of halogens is 1. The average Bonchev–Trinajstić information content (AvgIpc) is 2.75. The quantitative estimate of drug-likeness (QED) is 0.886. The highest BCUT2D eigenvalue weighted by Crippen LogP contribution is 2.19. The monoisotopic (exact) mass is 255 g/mol. The zero-order valence-corrected chi connectivity index (χ0v) is 11.1. The number of methoxy groups -OCH3 is 1. The van der Waals surface area contributed by atoms with Crippen LogP contribution in [0.3, 0.4) is 0 Å². The summed E-state index contributed by atoms with van der Waals surface area (Å²) in [6.45, 7) is 4.44. The summed E-state index contributed by atoms with van der Waals surface area (Å²) >= 11 is 5.86. The molecule has 0 fully saturated rings. The molecule has 5 heteroatoms. The van der Waals surface area contributed by atoms with Gasteiger partial charge in [-0.1, -0.05) is 25.4 Å². The van der Waals surface area contributed by atoms with Crippen LogP contribution in [0.25, 0.3) is 11.0 Å². The van der Waals surface area contributed by atoms with E-state index in [9.17, 15) is 0 Å². The lowest BCUT2D eigenvalue weighted by Gasteiger charge is -2.05. The fourth-order valence-corrected chi connectivity index (χ4v) is 1.61. The number of hydrogen-bond acceptors (Lipinski definition) is 3. The first-order valence-corrected chi connectivity index (χ1v) is 5.98. The Balaban J connectivity index is 0.000000686. The average molecular weight is 256 g/mol. The number of ether oxygens (including phenoxy) is 1. The molecule has 0 bridgehead atoms. The third-order valence-corrected chi connectivity index (χ3v) is 2.39. The van der Waals surface area contributed by atoms with Gasteiger partial charge >= 0.3 is 0 Å². The standard InChI is InChI=1S/C10H12ClN3O.C2H6/c1-15-5-7(12)10-13-8-3-2-6(11)4-9(8)14-10;1-2/h2-4,7H,5,12H2,1H3,(H,13,14);1-2H3. The van der Waals surface area contributed by atoms with Crippen LogP contribution in [-0.4, -0.2) is 23.7 Å². The maximum Gasteiger partial charge on any atom is 0.126 e. The van der Waals surface area contributed by atoms with Crippen molar-refractivity contribution < 1.29 is 4.74 Å². The summed E-state index contributed by atoms with van der Waals surface area (Å²) in [4.78, 5) is 7.47. The Morgan fingerprint density at radius 2 is 2.18 bits per heavy atom. The summed E-state index contributed by atoms with van der Waals surface area (Å²) in [5, 5.41) is 0.679. The van der Waals surface area contributed by atoms with Crippen LogP contribution in [0.1, 0.15) is 25.7 Å². The second kappa shape index (κ2) is 6.59. The van der Waals surface area contributed by atoms with Crippen LogP contribution >= 0.6 is 11.6 Å². The van der Waals surface area contributed by atoms with Crippen LogP contribution in [0.4, 0.5) is 0 Å². The van der Waals surface area contributed by atoms with Gasteiger partial charge in [0.1, 0.15) is 5.82 Å². The van der Waals surface area contributed by atoms with E-state index in [1.807, 2.05) is 26.0 Å². The first kappa shape index (κ1) is 14.0. The van der Waals surface area contributed by atoms with E-state index in [1.165, 1.54) is 0 Å². The number of rotatable bonds is 3. The molecule has 94 valence electrons. The van der Waals surface area contributed by atoms with Crippen molar-refractivity contribution in [3.8, 4) is 0 Å². The normalized spacial score (nSPS) is 12.1. The van der Waals surface area contributed by atoms with Gasteiger partial charge in [-0.25, -0.2) is 4.98 Å². The Morgan fingerprint density at radius 3 is 2.82 bits per heavy atom. The summed E-state index contributed by atoms with van der Waals surface area (Å²) in [6.07, 6.45) is 0. The number of nitrogens with two attached hydrogens (primary N) is 1. The number of benzene rings is 1. The lowest BCUT2D eigenvalue weighted by atomic mass is 10.3. The minimum atomic E-state index is -0.235. The van der Waals surface area contributed by atoms with E-state index in [0.717, 1.165) is 11.0 Å². The molecule has 0 aliphatic carbocycles. The summed E-state index contributed by atoms with van der Waals surface area (Å²) < 4.78 is 4.97. The highest BCUT2D eigenvalue weighted by molar-refractivity contribution is 6.31. The molecule has 2 rings (SSSR count). The number of aromatic amines is 1. The number of imidazole rings is 1. The zero-order chi connectivity index (χ0) is 12.8. The third-order valence-electron chi connectivity index (χ3n) is 2.16. The second-order valence-electron chi connectivity index (χ2n) is 3.35. The number of nitrogens with zero attached hydrogens (tertiary/aromatic N) is 1. The first-order valence-electron chi connectivity index (χ1n) is 5.60. The second-order valence-corrected chi connectivity index (χ2v) is 3.78. The van der Waals surface area contributed by atoms with E-state index in [2.05, 4.69) is 9.97 Å². The van der Waals surface area contributed by atoms with Crippen molar-refractivity contribution in [2.75, 3.05) is 13.7 Å². The van der Waals surface area contributed by atoms with Crippen molar-refractivity contribution in [3.63, 3.8) is 0 Å². The number of hydrogen-bond donors (Lipinski definition) is 2. The van der Waals surface area contributed by atoms with Gasteiger partial charge in [-0.2, -0.15) is 0 Å². The number of fused-ring (bicyclic) bond motifs is 1. The Kier molecular flexibility index (Phi) is 5.41. The van der Waals surface area contributed by atoms with E-state index in [0.29, 0.717) is 17.5 Å². The molecule has 0 saturated carbocycles. The van der Waals surface area contributed by atoms with E-state index >= 15 is 0 Å². The molecule has 0 aliphatic rings. The fourth-order valence-electron chi connectivity index (χ4n) is 1.44. The topological polar surface area (TPSA) is 63.9 Å². The van der Waals surface area contributed by atoms with Gasteiger partial charge in [-0.05, 0) is 18.2 Å². The Morgan fingerprint density at radius 1 is 1.47 bits per heavy atom. The molecular weight excluding hydrogens is 238 g/mol. The molecule has 2 aromatic rings. The lowest BCUT2D eigenvalue weighted by molar-refractivity contribution is 0.178. The Bertz CT molecular complexity index is 470. The lowest BCUT2D eigenvalue weighted by Crippen LogP contribution is -2.17. The van der Waals surface area contributed by atoms with Gasteiger partial charge in [0, 0.05) is 12.1 Å². The van der Waals surface area contributed by atoms with Gasteiger partial charge in [-0.3, -0.25) is 0 Å². The molecule has 17 heavy (non-hydrogen) atoms. The predicted molar refractivity (Wildman–Crippen MR) is 71.3 cm³/mol. The van der Waals surface area contributed by atoms with E-state index in [1.54, 1.807) is 13.2 Å². The molecular formula is C12H18ClN3O. The largest absolute Gasteiger partial charge is 0.383 e. The van der Waals surface area contributed by atoms with Crippen LogP contribution in [0.5, 0.6) is 0 Å². The summed E-state index contributed by atoms with van der Waals surface area (Å²) in [6, 6.07) is 5.25. The molecule has 0 radical (unpaired) electrons. The van der Waals surface area contributed by atoms with Crippen molar-refractivity contribution >= 4 is 22.6 Å². The van der Waals surface area contributed by atoms with Crippen LogP contribution in [0.15, 0.2) is 18.2 Å². The number of nitrogens with one attached hydrogen (secondary N) is 1. The van der Waals surface area contributed by atoms with Crippen molar-refractivity contribution in [2.24, 2.45) is 5.73 Å². The van der Waals surface area contributed by atoms with Gasteiger partial charge in [0.2, 0.25) is 0 Å². The summed E-state index contributed by atoms with van der Waals surface area (Å²) in [5.74, 6) is 0.717. The van der Waals surface area contributed by atoms with Crippen molar-refractivity contribution in [2.45, 2.75) is 19.9 Å². The Labute approximate surface area is 106 Å². The van der Waals surface area contributed by atoms with Crippen molar-refractivity contribution in [1.29, 1.82) is 0 Å². The molecule has 0 saturated heterocycles. The molecule has 4 nitrogen and oxygen atoms in total.